The van der Waals surface area contributed by atoms with Gasteiger partial charge in [0.15, 0.2) is 11.7 Å². The summed E-state index contributed by atoms with van der Waals surface area (Å²) in [4.78, 5) is 13.1. The molecule has 1 aromatic carbocycles. The molecule has 10 heteroatoms. The lowest BCUT2D eigenvalue weighted by molar-refractivity contribution is -0.119. The van der Waals surface area contributed by atoms with Gasteiger partial charge in [-0.2, -0.15) is 5.10 Å². The number of halogens is 2. The van der Waals surface area contributed by atoms with E-state index in [-0.39, 0.29) is 29.3 Å². The second-order valence-corrected chi connectivity index (χ2v) is 9.73. The molecule has 1 amide bonds. The van der Waals surface area contributed by atoms with Gasteiger partial charge in [-0.15, -0.1) is 0 Å². The van der Waals surface area contributed by atoms with Crippen molar-refractivity contribution in [3.63, 3.8) is 0 Å². The molecule has 3 rings (SSSR count). The molecule has 0 spiro atoms. The number of aliphatic hydroxyl groups is 1. The standard InChI is InChI=1S/C23H28Cl2N4O4/c1-14(2)10-17(22(31)26-19-8-9-28(27-19)13-23(3,4)32)29-12-15(11-20(29)30)33-18-7-5-6-16(24)21(18)25/h5-9,11-12,14,17,30,32H,10,13H2,1-4H3,(H,26,27,31)/t17-/m0/s1. The first kappa shape index (κ1) is 25.0. The summed E-state index contributed by atoms with van der Waals surface area (Å²) in [6.07, 6.45) is 3.70. The molecule has 0 fully saturated rings. The van der Waals surface area contributed by atoms with E-state index >= 15 is 0 Å². The van der Waals surface area contributed by atoms with E-state index in [4.69, 9.17) is 27.9 Å². The maximum absolute atomic E-state index is 13.1. The van der Waals surface area contributed by atoms with Gasteiger partial charge in [0, 0.05) is 18.3 Å². The number of nitrogens with zero attached hydrogens (tertiary/aromatic N) is 3. The Balaban J connectivity index is 1.81. The van der Waals surface area contributed by atoms with Gasteiger partial charge in [0.2, 0.25) is 5.91 Å². The maximum atomic E-state index is 13.1. The van der Waals surface area contributed by atoms with Crippen molar-refractivity contribution < 1.29 is 19.7 Å². The Bertz CT molecular complexity index is 1120. The van der Waals surface area contributed by atoms with Crippen molar-refractivity contribution in [2.75, 3.05) is 5.32 Å². The number of aromatic hydroxyl groups is 1. The lowest BCUT2D eigenvalue weighted by Crippen LogP contribution is -2.28. The molecule has 0 radical (unpaired) electrons. The summed E-state index contributed by atoms with van der Waals surface area (Å²) < 4.78 is 8.80. The van der Waals surface area contributed by atoms with Gasteiger partial charge in [0.1, 0.15) is 22.6 Å². The van der Waals surface area contributed by atoms with E-state index < -0.39 is 11.6 Å². The molecule has 0 aliphatic heterocycles. The van der Waals surface area contributed by atoms with E-state index in [1.807, 2.05) is 13.8 Å². The van der Waals surface area contributed by atoms with Crippen LogP contribution in [0.2, 0.25) is 10.0 Å². The highest BCUT2D eigenvalue weighted by atomic mass is 35.5. The molecule has 178 valence electrons. The molecule has 8 nitrogen and oxygen atoms in total. The number of carbonyl (C=O) groups excluding carboxylic acids is 1. The van der Waals surface area contributed by atoms with Gasteiger partial charge < -0.3 is 24.8 Å². The minimum Gasteiger partial charge on any atom is -0.494 e. The molecule has 1 atom stereocenters. The van der Waals surface area contributed by atoms with Crippen molar-refractivity contribution in [1.82, 2.24) is 14.3 Å². The lowest BCUT2D eigenvalue weighted by atomic mass is 10.0. The first-order chi connectivity index (χ1) is 15.4. The van der Waals surface area contributed by atoms with Gasteiger partial charge in [0.05, 0.1) is 23.4 Å². The largest absolute Gasteiger partial charge is 0.494 e. The molecular weight excluding hydrogens is 467 g/mol. The number of hydrogen-bond acceptors (Lipinski definition) is 5. The number of ether oxygens (including phenoxy) is 1. The van der Waals surface area contributed by atoms with Gasteiger partial charge in [-0.25, -0.2) is 0 Å². The van der Waals surface area contributed by atoms with E-state index in [0.717, 1.165) is 0 Å². The number of anilines is 1. The second-order valence-electron chi connectivity index (χ2n) is 8.94. The van der Waals surface area contributed by atoms with Crippen LogP contribution in [0.1, 0.15) is 40.2 Å². The number of rotatable bonds is 9. The van der Waals surface area contributed by atoms with Crippen LogP contribution < -0.4 is 10.1 Å². The van der Waals surface area contributed by atoms with E-state index in [1.54, 1.807) is 55.2 Å². The average molecular weight is 495 g/mol. The van der Waals surface area contributed by atoms with Crippen LogP contribution in [0.25, 0.3) is 0 Å². The fourth-order valence-electron chi connectivity index (χ4n) is 3.35. The number of aromatic nitrogens is 3. The number of hydrogen-bond donors (Lipinski definition) is 3. The van der Waals surface area contributed by atoms with Gasteiger partial charge in [-0.3, -0.25) is 9.48 Å². The molecule has 0 unspecified atom stereocenters. The van der Waals surface area contributed by atoms with Crippen molar-refractivity contribution in [2.24, 2.45) is 5.92 Å². The van der Waals surface area contributed by atoms with Crippen LogP contribution in [-0.4, -0.2) is 36.1 Å². The third-order valence-corrected chi connectivity index (χ3v) is 5.52. The van der Waals surface area contributed by atoms with Crippen molar-refractivity contribution in [3.05, 3.63) is 52.8 Å². The summed E-state index contributed by atoms with van der Waals surface area (Å²) in [5.74, 6) is 0.706. The Kier molecular flexibility index (Phi) is 7.62. The minimum absolute atomic E-state index is 0.128. The average Bonchev–Trinajstić information content (AvgIpc) is 3.27. The normalized spacial score (nSPS) is 12.7. The zero-order valence-electron chi connectivity index (χ0n) is 18.9. The molecule has 0 bridgehead atoms. The van der Waals surface area contributed by atoms with Gasteiger partial charge in [0.25, 0.3) is 0 Å². The van der Waals surface area contributed by atoms with Crippen LogP contribution in [0.4, 0.5) is 5.82 Å². The molecule has 33 heavy (non-hydrogen) atoms. The Morgan fingerprint density at radius 2 is 2.00 bits per heavy atom. The van der Waals surface area contributed by atoms with E-state index in [2.05, 4.69) is 10.4 Å². The van der Waals surface area contributed by atoms with Crippen LogP contribution in [-0.2, 0) is 11.3 Å². The fourth-order valence-corrected chi connectivity index (χ4v) is 3.68. The molecule has 2 heterocycles. The zero-order valence-corrected chi connectivity index (χ0v) is 20.4. The van der Waals surface area contributed by atoms with Crippen LogP contribution >= 0.6 is 23.2 Å². The third-order valence-electron chi connectivity index (χ3n) is 4.72. The summed E-state index contributed by atoms with van der Waals surface area (Å²) in [5.41, 5.74) is -0.938. The maximum Gasteiger partial charge on any atom is 0.248 e. The number of benzene rings is 1. The predicted molar refractivity (Wildman–Crippen MR) is 128 cm³/mol. The molecular formula is C23H28Cl2N4O4. The quantitative estimate of drug-likeness (QED) is 0.365. The topological polar surface area (TPSA) is 102 Å². The van der Waals surface area contributed by atoms with Crippen LogP contribution in [0.5, 0.6) is 17.4 Å². The first-order valence-electron chi connectivity index (χ1n) is 10.5. The summed E-state index contributed by atoms with van der Waals surface area (Å²) in [6.45, 7) is 7.61. The molecule has 3 N–H and O–H groups in total. The van der Waals surface area contributed by atoms with E-state index in [1.165, 1.54) is 10.6 Å². The van der Waals surface area contributed by atoms with Crippen molar-refractivity contribution in [1.29, 1.82) is 0 Å². The Morgan fingerprint density at radius 3 is 2.67 bits per heavy atom. The summed E-state index contributed by atoms with van der Waals surface area (Å²) in [7, 11) is 0. The van der Waals surface area contributed by atoms with E-state index in [9.17, 15) is 15.0 Å². The summed E-state index contributed by atoms with van der Waals surface area (Å²) >= 11 is 12.2. The predicted octanol–water partition coefficient (Wildman–Crippen LogP) is 5.49. The van der Waals surface area contributed by atoms with Gasteiger partial charge >= 0.3 is 0 Å². The Labute approximate surface area is 202 Å². The first-order valence-corrected chi connectivity index (χ1v) is 11.3. The Morgan fingerprint density at radius 1 is 1.27 bits per heavy atom. The lowest BCUT2D eigenvalue weighted by Gasteiger charge is -2.20. The Hall–Kier alpha value is -2.68. The van der Waals surface area contributed by atoms with Crippen molar-refractivity contribution >= 4 is 34.9 Å². The minimum atomic E-state index is -0.938. The smallest absolute Gasteiger partial charge is 0.248 e. The molecule has 0 saturated heterocycles. The molecule has 2 aromatic heterocycles. The number of carbonyl (C=O) groups is 1. The number of amides is 1. The monoisotopic (exact) mass is 494 g/mol. The highest BCUT2D eigenvalue weighted by Crippen LogP contribution is 2.37. The van der Waals surface area contributed by atoms with Gasteiger partial charge in [-0.05, 0) is 38.3 Å². The SMILES string of the molecule is CC(C)C[C@@H](C(=O)Nc1ccn(CC(C)(C)O)n1)n1cc(Oc2cccc(Cl)c2Cl)cc1O. The van der Waals surface area contributed by atoms with Crippen LogP contribution in [0.15, 0.2) is 42.7 Å². The zero-order chi connectivity index (χ0) is 24.3. The molecule has 0 aliphatic carbocycles. The summed E-state index contributed by atoms with van der Waals surface area (Å²) in [5, 5.41) is 28.2. The molecule has 3 aromatic rings. The van der Waals surface area contributed by atoms with Crippen molar-refractivity contribution in [3.8, 4) is 17.4 Å². The highest BCUT2D eigenvalue weighted by Gasteiger charge is 2.26. The van der Waals surface area contributed by atoms with Crippen molar-refractivity contribution in [2.45, 2.75) is 52.3 Å². The summed E-state index contributed by atoms with van der Waals surface area (Å²) in [6, 6.07) is 7.36. The second kappa shape index (κ2) is 10.1. The van der Waals surface area contributed by atoms with Crippen LogP contribution in [0.3, 0.4) is 0 Å². The van der Waals surface area contributed by atoms with Gasteiger partial charge in [-0.1, -0.05) is 43.1 Å². The van der Waals surface area contributed by atoms with Crippen LogP contribution in [0, 0.1) is 5.92 Å². The number of nitrogens with one attached hydrogen (secondary N) is 1. The third kappa shape index (κ3) is 6.66. The molecule has 0 saturated carbocycles. The fraction of sp³-hybridized carbons (Fsp3) is 0.391. The van der Waals surface area contributed by atoms with E-state index in [0.29, 0.717) is 28.8 Å². The molecule has 0 aliphatic rings. The highest BCUT2D eigenvalue weighted by molar-refractivity contribution is 6.42.